The molecule has 174 valence electrons. The Balaban J connectivity index is 0.00000480. The molecular formula is C19H27F3IN5O2S. The first kappa shape index (κ1) is 27.2. The monoisotopic (exact) mass is 573 g/mol. The van der Waals surface area contributed by atoms with Crippen molar-refractivity contribution in [3.05, 3.63) is 40.9 Å². The molecule has 0 bridgehead atoms. The number of benzene rings is 1. The summed E-state index contributed by atoms with van der Waals surface area (Å²) in [6.07, 6.45) is -5.27. The van der Waals surface area contributed by atoms with Crippen LogP contribution in [0.1, 0.15) is 18.2 Å². The predicted octanol–water partition coefficient (Wildman–Crippen LogP) is 3.34. The smallest absolute Gasteiger partial charge is 0.416 e. The number of aliphatic imine (C=N–C) groups is 1. The zero-order chi connectivity index (χ0) is 22.1. The Hall–Kier alpha value is -1.80. The molecule has 0 aliphatic heterocycles. The highest BCUT2D eigenvalue weighted by Crippen LogP contribution is 2.30. The summed E-state index contributed by atoms with van der Waals surface area (Å²) >= 11 is 1.53. The Kier molecular flexibility index (Phi) is 11.3. The highest BCUT2D eigenvalue weighted by atomic mass is 127. The van der Waals surface area contributed by atoms with Crippen molar-refractivity contribution in [3.8, 4) is 5.75 Å². The molecule has 7 nitrogen and oxygen atoms in total. The van der Waals surface area contributed by atoms with Crippen LogP contribution in [-0.4, -0.2) is 55.9 Å². The van der Waals surface area contributed by atoms with E-state index < -0.39 is 17.8 Å². The molecule has 3 N–H and O–H groups in total. The van der Waals surface area contributed by atoms with Crippen LogP contribution < -0.4 is 20.3 Å². The zero-order valence-corrected chi connectivity index (χ0v) is 20.6. The molecule has 1 aromatic carbocycles. The summed E-state index contributed by atoms with van der Waals surface area (Å²) in [5.74, 6) is 0.772. The number of thiazole rings is 1. The molecule has 1 heterocycles. The third-order valence-electron chi connectivity index (χ3n) is 3.79. The number of anilines is 1. The van der Waals surface area contributed by atoms with Crippen LogP contribution in [0.15, 0.2) is 34.6 Å². The standard InChI is InChI=1S/C19H26F3N5O2S.HI/c1-4-23-17(24-9-14-12-30-18(26-14)27(2)3)25-10-15(28)11-29-16-7-5-13(6-8-16)19(20,21)22;/h5-8,12,15,28H,4,9-11H2,1-3H3,(H2,23,24,25);1H. The Morgan fingerprint density at radius 1 is 1.26 bits per heavy atom. The molecule has 1 aromatic heterocycles. The van der Waals surface area contributed by atoms with Crippen LogP contribution in [0.3, 0.4) is 0 Å². The number of nitrogens with zero attached hydrogens (tertiary/aromatic N) is 3. The van der Waals surface area contributed by atoms with E-state index in [0.29, 0.717) is 19.0 Å². The van der Waals surface area contributed by atoms with E-state index in [2.05, 4.69) is 20.6 Å². The molecule has 12 heteroatoms. The molecule has 0 saturated carbocycles. The summed E-state index contributed by atoms with van der Waals surface area (Å²) in [5, 5.41) is 19.0. The molecule has 0 fully saturated rings. The van der Waals surface area contributed by atoms with Gasteiger partial charge in [-0.05, 0) is 31.2 Å². The minimum absolute atomic E-state index is 0. The molecule has 0 spiro atoms. The average molecular weight is 573 g/mol. The highest BCUT2D eigenvalue weighted by molar-refractivity contribution is 14.0. The van der Waals surface area contributed by atoms with Crippen LogP contribution >= 0.6 is 35.3 Å². The first-order valence-corrected chi connectivity index (χ1v) is 10.2. The number of alkyl halides is 3. The maximum absolute atomic E-state index is 12.6. The largest absolute Gasteiger partial charge is 0.491 e. The number of hydrogen-bond donors (Lipinski definition) is 3. The molecule has 0 radical (unpaired) electrons. The lowest BCUT2D eigenvalue weighted by Gasteiger charge is -2.16. The van der Waals surface area contributed by atoms with E-state index in [1.165, 1.54) is 23.5 Å². The Morgan fingerprint density at radius 3 is 2.48 bits per heavy atom. The van der Waals surface area contributed by atoms with E-state index in [9.17, 15) is 18.3 Å². The van der Waals surface area contributed by atoms with Gasteiger partial charge < -0.3 is 25.4 Å². The van der Waals surface area contributed by atoms with Gasteiger partial charge in [0.1, 0.15) is 18.5 Å². The van der Waals surface area contributed by atoms with Crippen molar-refractivity contribution in [3.63, 3.8) is 0 Å². The van der Waals surface area contributed by atoms with Crippen molar-refractivity contribution in [2.24, 2.45) is 4.99 Å². The van der Waals surface area contributed by atoms with Gasteiger partial charge in [-0.25, -0.2) is 9.98 Å². The second-order valence-corrected chi connectivity index (χ2v) is 7.42. The van der Waals surface area contributed by atoms with Crippen molar-refractivity contribution >= 4 is 46.4 Å². The van der Waals surface area contributed by atoms with Crippen molar-refractivity contribution in [1.82, 2.24) is 15.6 Å². The van der Waals surface area contributed by atoms with Gasteiger partial charge >= 0.3 is 6.18 Å². The molecule has 0 aliphatic rings. The number of rotatable bonds is 9. The van der Waals surface area contributed by atoms with Gasteiger partial charge in [-0.1, -0.05) is 0 Å². The van der Waals surface area contributed by atoms with Crippen LogP contribution in [0.2, 0.25) is 0 Å². The van der Waals surface area contributed by atoms with Gasteiger partial charge in [-0.3, -0.25) is 0 Å². The third kappa shape index (κ3) is 9.47. The van der Waals surface area contributed by atoms with Crippen LogP contribution in [0, 0.1) is 0 Å². The lowest BCUT2D eigenvalue weighted by Crippen LogP contribution is -2.42. The van der Waals surface area contributed by atoms with Gasteiger partial charge in [-0.15, -0.1) is 35.3 Å². The lowest BCUT2D eigenvalue weighted by atomic mass is 10.2. The number of aliphatic hydroxyl groups excluding tert-OH is 1. The molecular weight excluding hydrogens is 546 g/mol. The molecule has 0 saturated heterocycles. The average Bonchev–Trinajstić information content (AvgIpc) is 3.17. The number of aliphatic hydroxyl groups is 1. The van der Waals surface area contributed by atoms with Crippen LogP contribution in [0.4, 0.5) is 18.3 Å². The maximum Gasteiger partial charge on any atom is 0.416 e. The van der Waals surface area contributed by atoms with Gasteiger partial charge in [0.05, 0.1) is 17.8 Å². The zero-order valence-electron chi connectivity index (χ0n) is 17.4. The Bertz CT molecular complexity index is 816. The molecule has 0 amide bonds. The summed E-state index contributed by atoms with van der Waals surface area (Å²) in [6.45, 7) is 3.04. The maximum atomic E-state index is 12.6. The molecule has 31 heavy (non-hydrogen) atoms. The molecule has 1 unspecified atom stereocenters. The second kappa shape index (κ2) is 12.9. The van der Waals surface area contributed by atoms with Crippen molar-refractivity contribution in [2.45, 2.75) is 25.7 Å². The van der Waals surface area contributed by atoms with Gasteiger partial charge in [0.2, 0.25) is 0 Å². The number of guanidine groups is 1. The Labute approximate surface area is 200 Å². The SMILES string of the molecule is CCNC(=NCc1csc(N(C)C)n1)NCC(O)COc1ccc(C(F)(F)F)cc1.I. The quantitative estimate of drug-likeness (QED) is 0.243. The summed E-state index contributed by atoms with van der Waals surface area (Å²) in [7, 11) is 3.84. The van der Waals surface area contributed by atoms with E-state index in [1.807, 2.05) is 31.3 Å². The number of nitrogens with one attached hydrogen (secondary N) is 2. The van der Waals surface area contributed by atoms with E-state index in [4.69, 9.17) is 4.74 Å². The minimum atomic E-state index is -4.39. The van der Waals surface area contributed by atoms with E-state index >= 15 is 0 Å². The van der Waals surface area contributed by atoms with E-state index in [-0.39, 0.29) is 42.9 Å². The fourth-order valence-electron chi connectivity index (χ4n) is 2.28. The summed E-state index contributed by atoms with van der Waals surface area (Å²) in [6, 6.07) is 4.33. The van der Waals surface area contributed by atoms with Crippen molar-refractivity contribution in [1.29, 1.82) is 0 Å². The van der Waals surface area contributed by atoms with Crippen LogP contribution in [-0.2, 0) is 12.7 Å². The normalized spacial score (nSPS) is 12.7. The molecule has 1 atom stereocenters. The second-order valence-electron chi connectivity index (χ2n) is 6.58. The van der Waals surface area contributed by atoms with E-state index in [0.717, 1.165) is 23.0 Å². The molecule has 2 aromatic rings. The lowest BCUT2D eigenvalue weighted by molar-refractivity contribution is -0.137. The van der Waals surface area contributed by atoms with Crippen molar-refractivity contribution < 1.29 is 23.0 Å². The fourth-order valence-corrected chi connectivity index (χ4v) is 3.03. The van der Waals surface area contributed by atoms with Gasteiger partial charge in [0.15, 0.2) is 11.1 Å². The highest BCUT2D eigenvalue weighted by Gasteiger charge is 2.30. The van der Waals surface area contributed by atoms with Crippen LogP contribution in [0.25, 0.3) is 0 Å². The van der Waals surface area contributed by atoms with Crippen LogP contribution in [0.5, 0.6) is 5.75 Å². The fraction of sp³-hybridized carbons (Fsp3) is 0.474. The number of ether oxygens (including phenoxy) is 1. The topological polar surface area (TPSA) is 82.0 Å². The first-order valence-electron chi connectivity index (χ1n) is 9.31. The number of halogens is 4. The van der Waals surface area contributed by atoms with Gasteiger partial charge in [0.25, 0.3) is 0 Å². The summed E-state index contributed by atoms with van der Waals surface area (Å²) < 4.78 is 43.1. The van der Waals surface area contributed by atoms with Gasteiger partial charge in [0, 0.05) is 32.6 Å². The third-order valence-corrected chi connectivity index (χ3v) is 4.85. The van der Waals surface area contributed by atoms with Crippen molar-refractivity contribution in [2.75, 3.05) is 38.7 Å². The molecule has 2 rings (SSSR count). The minimum Gasteiger partial charge on any atom is -0.491 e. The predicted molar refractivity (Wildman–Crippen MR) is 128 cm³/mol. The Morgan fingerprint density at radius 2 is 1.94 bits per heavy atom. The first-order chi connectivity index (χ1) is 14.2. The summed E-state index contributed by atoms with van der Waals surface area (Å²) in [4.78, 5) is 10.8. The number of aromatic nitrogens is 1. The number of hydrogen-bond acceptors (Lipinski definition) is 6. The summed E-state index contributed by atoms with van der Waals surface area (Å²) in [5.41, 5.74) is 0.0912. The van der Waals surface area contributed by atoms with E-state index in [1.54, 1.807) is 0 Å². The van der Waals surface area contributed by atoms with Gasteiger partial charge in [-0.2, -0.15) is 13.2 Å². The molecule has 0 aliphatic carbocycles.